The van der Waals surface area contributed by atoms with Crippen molar-refractivity contribution in [2.45, 2.75) is 32.1 Å². The molecule has 21 heavy (non-hydrogen) atoms. The summed E-state index contributed by atoms with van der Waals surface area (Å²) >= 11 is 0. The zero-order valence-corrected chi connectivity index (χ0v) is 12.0. The maximum Gasteiger partial charge on any atom is 0.252 e. The molecule has 112 valence electrons. The zero-order valence-electron chi connectivity index (χ0n) is 12.0. The van der Waals surface area contributed by atoms with E-state index in [4.69, 9.17) is 5.11 Å². The van der Waals surface area contributed by atoms with Crippen LogP contribution in [0.1, 0.15) is 48.0 Å². The molecular weight excluding hydrogens is 269 g/mol. The maximum atomic E-state index is 13.3. The lowest BCUT2D eigenvalue weighted by atomic mass is 9.89. The van der Waals surface area contributed by atoms with Crippen LogP contribution < -0.4 is 5.32 Å². The van der Waals surface area contributed by atoms with E-state index >= 15 is 0 Å². The summed E-state index contributed by atoms with van der Waals surface area (Å²) in [4.78, 5) is 12.2. The Labute approximate surface area is 124 Å². The Kier molecular flexibility index (Phi) is 5.77. The third-order valence-electron chi connectivity index (χ3n) is 3.80. The molecule has 1 saturated carbocycles. The molecule has 0 radical (unpaired) electrons. The molecule has 0 heterocycles. The van der Waals surface area contributed by atoms with Crippen molar-refractivity contribution >= 4 is 5.91 Å². The normalized spacial score (nSPS) is 15.1. The Morgan fingerprint density at radius 2 is 2.10 bits per heavy atom. The topological polar surface area (TPSA) is 49.3 Å². The lowest BCUT2D eigenvalue weighted by Gasteiger charge is -2.21. The van der Waals surface area contributed by atoms with Gasteiger partial charge in [0.2, 0.25) is 0 Å². The van der Waals surface area contributed by atoms with Crippen molar-refractivity contribution in [1.82, 2.24) is 5.32 Å². The molecule has 1 aliphatic rings. The molecule has 1 aromatic rings. The van der Waals surface area contributed by atoms with Crippen molar-refractivity contribution in [2.75, 3.05) is 13.2 Å². The molecule has 1 fully saturated rings. The van der Waals surface area contributed by atoms with Gasteiger partial charge in [0, 0.05) is 12.1 Å². The van der Waals surface area contributed by atoms with E-state index in [1.165, 1.54) is 37.5 Å². The predicted molar refractivity (Wildman–Crippen MR) is 79.3 cm³/mol. The Bertz CT molecular complexity index is 554. The molecule has 1 aliphatic carbocycles. The first-order chi connectivity index (χ1) is 10.2. The molecule has 1 amide bonds. The summed E-state index contributed by atoms with van der Waals surface area (Å²) in [7, 11) is 0. The third-order valence-corrected chi connectivity index (χ3v) is 3.80. The van der Waals surface area contributed by atoms with E-state index < -0.39 is 5.82 Å². The highest BCUT2D eigenvalue weighted by atomic mass is 19.1. The van der Waals surface area contributed by atoms with Gasteiger partial charge >= 0.3 is 0 Å². The average Bonchev–Trinajstić information content (AvgIpc) is 2.51. The van der Waals surface area contributed by atoms with E-state index in [2.05, 4.69) is 17.2 Å². The Hall–Kier alpha value is -1.86. The molecule has 3 nitrogen and oxygen atoms in total. The van der Waals surface area contributed by atoms with E-state index in [0.717, 1.165) is 12.8 Å². The number of carbonyl (C=O) groups excluding carboxylic acids is 1. The number of amides is 1. The molecule has 4 heteroatoms. The minimum absolute atomic E-state index is 0.234. The smallest absolute Gasteiger partial charge is 0.252 e. The van der Waals surface area contributed by atoms with Crippen molar-refractivity contribution in [2.24, 2.45) is 5.92 Å². The fourth-order valence-corrected chi connectivity index (χ4v) is 2.68. The number of rotatable bonds is 3. The number of halogens is 1. The Morgan fingerprint density at radius 3 is 2.81 bits per heavy atom. The molecule has 0 unspecified atom stereocenters. The molecule has 0 saturated heterocycles. The highest BCUT2D eigenvalue weighted by Gasteiger charge is 2.16. The standard InChI is InChI=1S/C17H20FNO2/c18-15-8-9-16(14(11-15)7-4-10-20)17(21)19-12-13-5-2-1-3-6-13/h8-9,11,13,20H,1-3,5-6,10,12H2,(H,19,21). The fourth-order valence-electron chi connectivity index (χ4n) is 2.68. The second kappa shape index (κ2) is 7.80. The number of nitrogens with one attached hydrogen (secondary N) is 1. The SMILES string of the molecule is O=C(NCC1CCCCC1)c1ccc(F)cc1C#CCO. The highest BCUT2D eigenvalue weighted by Crippen LogP contribution is 2.23. The van der Waals surface area contributed by atoms with Gasteiger partial charge in [0.25, 0.3) is 5.91 Å². The van der Waals surface area contributed by atoms with Crippen LogP contribution in [-0.2, 0) is 0 Å². The van der Waals surface area contributed by atoms with Gasteiger partial charge in [-0.2, -0.15) is 0 Å². The van der Waals surface area contributed by atoms with Crippen molar-refractivity contribution < 1.29 is 14.3 Å². The summed E-state index contributed by atoms with van der Waals surface area (Å²) in [6.45, 7) is 0.336. The minimum Gasteiger partial charge on any atom is -0.384 e. The van der Waals surface area contributed by atoms with Crippen LogP contribution in [0.5, 0.6) is 0 Å². The third kappa shape index (κ3) is 4.57. The van der Waals surface area contributed by atoms with Gasteiger partial charge in [-0.1, -0.05) is 31.1 Å². The van der Waals surface area contributed by atoms with Crippen LogP contribution in [0.3, 0.4) is 0 Å². The predicted octanol–water partition coefficient (Wildman–Crippen LogP) is 2.48. The van der Waals surface area contributed by atoms with Gasteiger partial charge in [0.15, 0.2) is 0 Å². The molecule has 0 aliphatic heterocycles. The van der Waals surface area contributed by atoms with Crippen LogP contribution in [-0.4, -0.2) is 24.2 Å². The number of aliphatic hydroxyl groups excluding tert-OH is 1. The molecule has 2 rings (SSSR count). The lowest BCUT2D eigenvalue weighted by Crippen LogP contribution is -2.30. The number of hydrogen-bond acceptors (Lipinski definition) is 2. The van der Waals surface area contributed by atoms with E-state index in [1.807, 2.05) is 0 Å². The number of hydrogen-bond donors (Lipinski definition) is 2. The summed E-state index contributed by atoms with van der Waals surface area (Å²) in [5.74, 6) is 4.93. The number of benzene rings is 1. The molecule has 1 aromatic carbocycles. The highest BCUT2D eigenvalue weighted by molar-refractivity contribution is 5.96. The quantitative estimate of drug-likeness (QED) is 0.840. The van der Waals surface area contributed by atoms with Gasteiger partial charge in [-0.05, 0) is 37.0 Å². The molecule has 2 N–H and O–H groups in total. The van der Waals surface area contributed by atoms with E-state index in [0.29, 0.717) is 23.6 Å². The summed E-state index contributed by atoms with van der Waals surface area (Å²) in [6, 6.07) is 3.91. The fraction of sp³-hybridized carbons (Fsp3) is 0.471. The van der Waals surface area contributed by atoms with Gasteiger partial charge < -0.3 is 10.4 Å². The molecule has 0 spiro atoms. The van der Waals surface area contributed by atoms with Crippen LogP contribution >= 0.6 is 0 Å². The monoisotopic (exact) mass is 289 g/mol. The van der Waals surface area contributed by atoms with Gasteiger partial charge in [0.1, 0.15) is 12.4 Å². The molecular formula is C17H20FNO2. The van der Waals surface area contributed by atoms with Gasteiger partial charge in [-0.15, -0.1) is 0 Å². The summed E-state index contributed by atoms with van der Waals surface area (Å²) in [6.07, 6.45) is 6.04. The van der Waals surface area contributed by atoms with Crippen LogP contribution in [0.4, 0.5) is 4.39 Å². The van der Waals surface area contributed by atoms with Gasteiger partial charge in [0.05, 0.1) is 5.56 Å². The Morgan fingerprint density at radius 1 is 1.33 bits per heavy atom. The van der Waals surface area contributed by atoms with Crippen LogP contribution in [0.2, 0.25) is 0 Å². The van der Waals surface area contributed by atoms with Crippen molar-refractivity contribution in [3.8, 4) is 11.8 Å². The molecule has 0 bridgehead atoms. The average molecular weight is 289 g/mol. The lowest BCUT2D eigenvalue weighted by molar-refractivity contribution is 0.0943. The summed E-state index contributed by atoms with van der Waals surface area (Å²) in [5.41, 5.74) is 0.665. The van der Waals surface area contributed by atoms with E-state index in [9.17, 15) is 9.18 Å². The van der Waals surface area contributed by atoms with Crippen molar-refractivity contribution in [1.29, 1.82) is 0 Å². The first kappa shape index (κ1) is 15.5. The second-order valence-corrected chi connectivity index (χ2v) is 5.36. The summed E-state index contributed by atoms with van der Waals surface area (Å²) < 4.78 is 13.3. The van der Waals surface area contributed by atoms with Crippen molar-refractivity contribution in [3.63, 3.8) is 0 Å². The second-order valence-electron chi connectivity index (χ2n) is 5.36. The maximum absolute atomic E-state index is 13.3. The van der Waals surface area contributed by atoms with Crippen LogP contribution in [0.25, 0.3) is 0 Å². The van der Waals surface area contributed by atoms with E-state index in [1.54, 1.807) is 0 Å². The first-order valence-electron chi connectivity index (χ1n) is 7.38. The summed E-state index contributed by atoms with van der Waals surface area (Å²) in [5, 5.41) is 11.6. The first-order valence-corrected chi connectivity index (χ1v) is 7.38. The van der Waals surface area contributed by atoms with Gasteiger partial charge in [-0.3, -0.25) is 4.79 Å². The molecule has 0 aromatic heterocycles. The minimum atomic E-state index is -0.443. The number of aliphatic hydroxyl groups is 1. The van der Waals surface area contributed by atoms with Crippen molar-refractivity contribution in [3.05, 3.63) is 35.1 Å². The number of carbonyl (C=O) groups is 1. The van der Waals surface area contributed by atoms with Crippen LogP contribution in [0.15, 0.2) is 18.2 Å². The molecule has 0 atom stereocenters. The van der Waals surface area contributed by atoms with Crippen LogP contribution in [0, 0.1) is 23.6 Å². The largest absolute Gasteiger partial charge is 0.384 e. The van der Waals surface area contributed by atoms with E-state index in [-0.39, 0.29) is 12.5 Å². The Balaban J connectivity index is 2.03. The van der Waals surface area contributed by atoms with Gasteiger partial charge in [-0.25, -0.2) is 4.39 Å². The zero-order chi connectivity index (χ0) is 15.1.